The second-order valence-corrected chi connectivity index (χ2v) is 8.30. The van der Waals surface area contributed by atoms with Gasteiger partial charge in [-0.15, -0.1) is 0 Å². The van der Waals surface area contributed by atoms with E-state index < -0.39 is 28.1 Å². The molecule has 9 nitrogen and oxygen atoms in total. The van der Waals surface area contributed by atoms with Crippen molar-refractivity contribution in [2.75, 3.05) is 13.1 Å². The number of nitrogens with two attached hydrogens (primary N) is 1. The van der Waals surface area contributed by atoms with Gasteiger partial charge in [0.05, 0.1) is 12.1 Å². The molecule has 0 spiro atoms. The summed E-state index contributed by atoms with van der Waals surface area (Å²) >= 11 is 0. The molecule has 1 aliphatic rings. The quantitative estimate of drug-likeness (QED) is 0.508. The number of aromatic nitrogens is 1. The highest BCUT2D eigenvalue weighted by Crippen LogP contribution is 2.19. The van der Waals surface area contributed by atoms with Crippen molar-refractivity contribution in [1.29, 1.82) is 0 Å². The van der Waals surface area contributed by atoms with Gasteiger partial charge in [0.15, 0.2) is 5.03 Å². The number of amides is 2. The molecule has 2 heterocycles. The monoisotopic (exact) mass is 397 g/mol. The lowest BCUT2D eigenvalue weighted by molar-refractivity contribution is -0.120. The molecule has 0 aliphatic carbocycles. The minimum absolute atomic E-state index is 0.0672. The molecule has 4 N–H and O–H groups in total. The zero-order valence-corrected chi connectivity index (χ0v) is 15.8. The van der Waals surface area contributed by atoms with Crippen molar-refractivity contribution in [2.45, 2.75) is 49.3 Å². The van der Waals surface area contributed by atoms with E-state index >= 15 is 0 Å². The van der Waals surface area contributed by atoms with Crippen molar-refractivity contribution in [2.24, 2.45) is 5.73 Å². The second kappa shape index (κ2) is 9.77. The van der Waals surface area contributed by atoms with Gasteiger partial charge in [-0.3, -0.25) is 9.59 Å². The number of rotatable bonds is 8. The van der Waals surface area contributed by atoms with E-state index in [1.807, 2.05) is 0 Å². The third kappa shape index (κ3) is 6.26. The number of nitrogens with zero attached hydrogens (tertiary/aromatic N) is 2. The van der Waals surface area contributed by atoms with Crippen LogP contribution >= 0.6 is 0 Å². The molecule has 149 valence electrons. The van der Waals surface area contributed by atoms with Crippen molar-refractivity contribution >= 4 is 21.8 Å². The van der Waals surface area contributed by atoms with Gasteiger partial charge in [0.2, 0.25) is 11.8 Å². The van der Waals surface area contributed by atoms with Crippen molar-refractivity contribution in [1.82, 2.24) is 14.6 Å². The fourth-order valence-corrected chi connectivity index (χ4v) is 4.30. The molecule has 2 rings (SSSR count). The standard InChI is InChI=1S/C17H25N4O5S/c18-15(23)7-1-2-8-16(24)20-13-6-5-11-21(12-14(13)22)27(25,26)17-9-3-4-10-19-17/h3-4,8-10,13-14,22H,1-2,5-7,11-12H2,(H2,18,23)(H,20,24)/t13?,14-/m0/s1. The molecule has 27 heavy (non-hydrogen) atoms. The Bertz CT molecular complexity index is 741. The predicted octanol–water partition coefficient (Wildman–Crippen LogP) is -0.428. The molecule has 1 radical (unpaired) electrons. The Morgan fingerprint density at radius 1 is 1.41 bits per heavy atom. The molecular weight excluding hydrogens is 372 g/mol. The minimum Gasteiger partial charge on any atom is -0.390 e. The van der Waals surface area contributed by atoms with Gasteiger partial charge in [0.25, 0.3) is 10.0 Å². The van der Waals surface area contributed by atoms with Crippen LogP contribution in [0.1, 0.15) is 32.1 Å². The fraction of sp³-hybridized carbons (Fsp3) is 0.529. The van der Waals surface area contributed by atoms with E-state index in [0.29, 0.717) is 25.7 Å². The van der Waals surface area contributed by atoms with Crippen LogP contribution in [0.25, 0.3) is 0 Å². The predicted molar refractivity (Wildman–Crippen MR) is 97.5 cm³/mol. The summed E-state index contributed by atoms with van der Waals surface area (Å²) in [6.07, 6.45) is 3.81. The normalized spacial score (nSPS) is 21.4. The molecule has 1 aromatic heterocycles. The van der Waals surface area contributed by atoms with Gasteiger partial charge in [-0.05, 0) is 37.8 Å². The van der Waals surface area contributed by atoms with E-state index in [2.05, 4.69) is 10.3 Å². The van der Waals surface area contributed by atoms with Crippen LogP contribution in [-0.4, -0.2) is 59.9 Å². The number of pyridine rings is 1. The van der Waals surface area contributed by atoms with E-state index in [1.165, 1.54) is 23.0 Å². The maximum absolute atomic E-state index is 12.7. The Morgan fingerprint density at radius 2 is 2.19 bits per heavy atom. The molecule has 0 saturated carbocycles. The number of carbonyl (C=O) groups excluding carboxylic acids is 2. The Morgan fingerprint density at radius 3 is 2.85 bits per heavy atom. The summed E-state index contributed by atoms with van der Waals surface area (Å²) in [7, 11) is -3.80. The number of hydrogen-bond acceptors (Lipinski definition) is 6. The van der Waals surface area contributed by atoms with E-state index in [4.69, 9.17) is 5.73 Å². The summed E-state index contributed by atoms with van der Waals surface area (Å²) in [5.41, 5.74) is 5.04. The molecule has 0 bridgehead atoms. The fourth-order valence-electron chi connectivity index (χ4n) is 2.88. The number of primary amides is 1. The van der Waals surface area contributed by atoms with Gasteiger partial charge < -0.3 is 16.2 Å². The number of nitrogens with one attached hydrogen (secondary N) is 1. The Kier molecular flexibility index (Phi) is 7.69. The smallest absolute Gasteiger partial charge is 0.260 e. The molecule has 0 aromatic carbocycles. The molecule has 1 unspecified atom stereocenters. The lowest BCUT2D eigenvalue weighted by Crippen LogP contribution is -2.47. The first-order valence-electron chi connectivity index (χ1n) is 8.82. The first-order valence-corrected chi connectivity index (χ1v) is 10.3. The third-order valence-corrected chi connectivity index (χ3v) is 6.09. The summed E-state index contributed by atoms with van der Waals surface area (Å²) in [5, 5.41) is 13.1. The van der Waals surface area contributed by atoms with Crippen LogP contribution in [-0.2, 0) is 19.6 Å². The van der Waals surface area contributed by atoms with Gasteiger partial charge in [-0.1, -0.05) is 6.07 Å². The molecular formula is C17H25N4O5S. The van der Waals surface area contributed by atoms with Crippen LogP contribution in [0.4, 0.5) is 0 Å². The van der Waals surface area contributed by atoms with Crippen molar-refractivity contribution in [3.05, 3.63) is 30.8 Å². The van der Waals surface area contributed by atoms with Gasteiger partial charge in [0.1, 0.15) is 0 Å². The molecule has 1 aliphatic heterocycles. The summed E-state index contributed by atoms with van der Waals surface area (Å²) < 4.78 is 26.5. The first kappa shape index (κ1) is 21.3. The zero-order valence-electron chi connectivity index (χ0n) is 15.0. The third-order valence-electron chi connectivity index (χ3n) is 4.30. The minimum atomic E-state index is -3.80. The van der Waals surface area contributed by atoms with Crippen LogP contribution < -0.4 is 11.1 Å². The van der Waals surface area contributed by atoms with Crippen molar-refractivity contribution < 1.29 is 23.1 Å². The summed E-state index contributed by atoms with van der Waals surface area (Å²) in [6, 6.07) is 4.08. The van der Waals surface area contributed by atoms with E-state index in [0.717, 1.165) is 0 Å². The van der Waals surface area contributed by atoms with Crippen LogP contribution in [0.15, 0.2) is 29.4 Å². The zero-order chi connectivity index (χ0) is 19.9. The summed E-state index contributed by atoms with van der Waals surface area (Å²) in [5.74, 6) is -0.776. The van der Waals surface area contributed by atoms with Gasteiger partial charge >= 0.3 is 0 Å². The number of carbonyl (C=O) groups is 2. The Balaban J connectivity index is 1.91. The second-order valence-electron chi connectivity index (χ2n) is 6.42. The van der Waals surface area contributed by atoms with E-state index in [9.17, 15) is 23.1 Å². The number of sulfonamides is 1. The maximum Gasteiger partial charge on any atom is 0.260 e. The van der Waals surface area contributed by atoms with Crippen LogP contribution in [0.2, 0.25) is 0 Å². The van der Waals surface area contributed by atoms with Crippen LogP contribution in [0.5, 0.6) is 0 Å². The average Bonchev–Trinajstić information content (AvgIpc) is 2.81. The lowest BCUT2D eigenvalue weighted by Gasteiger charge is -2.24. The van der Waals surface area contributed by atoms with E-state index in [1.54, 1.807) is 12.1 Å². The Labute approximate surface area is 159 Å². The number of β-amino-alcohol motifs (C(OH)–C–C–N with tert-alkyl or cyclic N) is 1. The van der Waals surface area contributed by atoms with Gasteiger partial charge in [0, 0.05) is 32.1 Å². The summed E-state index contributed by atoms with van der Waals surface area (Å²) in [4.78, 5) is 26.5. The number of hydrogen-bond donors (Lipinski definition) is 3. The number of aliphatic hydroxyl groups excluding tert-OH is 1. The molecule has 1 fully saturated rings. The van der Waals surface area contributed by atoms with E-state index in [-0.39, 0.29) is 30.4 Å². The van der Waals surface area contributed by atoms with Crippen molar-refractivity contribution in [3.63, 3.8) is 0 Å². The lowest BCUT2D eigenvalue weighted by atomic mass is 10.1. The molecule has 10 heteroatoms. The van der Waals surface area contributed by atoms with Crippen molar-refractivity contribution in [3.8, 4) is 0 Å². The van der Waals surface area contributed by atoms with Crippen LogP contribution in [0.3, 0.4) is 0 Å². The highest BCUT2D eigenvalue weighted by molar-refractivity contribution is 7.89. The Hall–Kier alpha value is -2.04. The average molecular weight is 397 g/mol. The number of unbranched alkanes of at least 4 members (excludes halogenated alkanes) is 1. The molecule has 2 amide bonds. The SMILES string of the molecule is NC(=O)CCC[CH]C(=O)NC1CCCN(S(=O)(=O)c2ccccn2)C[C@@H]1O. The van der Waals surface area contributed by atoms with Crippen LogP contribution in [0, 0.1) is 6.42 Å². The topological polar surface area (TPSA) is 143 Å². The highest BCUT2D eigenvalue weighted by Gasteiger charge is 2.33. The summed E-state index contributed by atoms with van der Waals surface area (Å²) in [6.45, 7) is 0.121. The maximum atomic E-state index is 12.7. The molecule has 2 atom stereocenters. The molecule has 1 aromatic rings. The number of aliphatic hydroxyl groups is 1. The first-order chi connectivity index (χ1) is 12.8. The van der Waals surface area contributed by atoms with Gasteiger partial charge in [-0.25, -0.2) is 13.4 Å². The van der Waals surface area contributed by atoms with Gasteiger partial charge in [-0.2, -0.15) is 4.31 Å². The molecule has 1 saturated heterocycles. The largest absolute Gasteiger partial charge is 0.390 e. The highest BCUT2D eigenvalue weighted by atomic mass is 32.2.